The van der Waals surface area contributed by atoms with Crippen LogP contribution in [0.15, 0.2) is 0 Å². The molecule has 0 atom stereocenters. The molecule has 2 radical (unpaired) electrons. The number of unbranched alkanes of at least 4 members (excludes halogenated alkanes) is 2. The van der Waals surface area contributed by atoms with Gasteiger partial charge in [-0.1, -0.05) is 0 Å². The zero-order chi connectivity index (χ0) is 8.53. The second kappa shape index (κ2) is 9.64. The van der Waals surface area contributed by atoms with Crippen molar-refractivity contribution >= 4 is 43.1 Å². The Hall–Kier alpha value is 1.56. The molecule has 0 aromatic heterocycles. The zero-order valence-corrected chi connectivity index (χ0v) is 13.9. The molecule has 3 heteroatoms. The molecular weight excluding hydrogens is 350 g/mol. The van der Waals surface area contributed by atoms with Gasteiger partial charge in [0.25, 0.3) is 0 Å². The van der Waals surface area contributed by atoms with Crippen molar-refractivity contribution in [3.8, 4) is 0 Å². The monoisotopic (exact) mass is 371 g/mol. The van der Waals surface area contributed by atoms with Gasteiger partial charge in [-0.15, -0.1) is 0 Å². The van der Waals surface area contributed by atoms with E-state index in [-0.39, 0.29) is 0 Å². The maximum atomic E-state index is 5.68. The molecule has 0 rings (SSSR count). The molecule has 0 aliphatic rings. The molecule has 1 nitrogen and oxygen atoms in total. The van der Waals surface area contributed by atoms with Crippen LogP contribution in [0.5, 0.6) is 0 Å². The van der Waals surface area contributed by atoms with Gasteiger partial charge in [-0.05, 0) is 0 Å². The average molecular weight is 369 g/mol. The van der Waals surface area contributed by atoms with Crippen molar-refractivity contribution in [2.75, 3.05) is 0 Å². The fraction of sp³-hybridized carbons (Fsp3) is 1.00. The van der Waals surface area contributed by atoms with Crippen molar-refractivity contribution in [1.82, 2.24) is 0 Å². The summed E-state index contributed by atoms with van der Waals surface area (Å²) in [6.07, 6.45) is 5.53. The Labute approximate surface area is 92.2 Å². The first kappa shape index (κ1) is 12.6. The van der Waals surface area contributed by atoms with E-state index < -0.39 is 20.2 Å². The van der Waals surface area contributed by atoms with Crippen LogP contribution in [0.4, 0.5) is 0 Å². The first-order valence-electron chi connectivity index (χ1n) is 4.56. The summed E-state index contributed by atoms with van der Waals surface area (Å²) in [7, 11) is 0. The first-order chi connectivity index (χ1) is 5.35. The van der Waals surface area contributed by atoms with E-state index in [1.165, 1.54) is 34.6 Å². The van der Waals surface area contributed by atoms with Gasteiger partial charge in [0.2, 0.25) is 0 Å². The SMILES string of the molecule is CCC[CH2][Sn+]([CH2]CCC)[O][SnH]. The quantitative estimate of drug-likeness (QED) is 0.627. The van der Waals surface area contributed by atoms with Crippen molar-refractivity contribution in [3.05, 3.63) is 0 Å². The standard InChI is InChI=1S/2C4H9.O.2Sn.H/c2*1-3-4-2;;;;/h2*1,3-4H2,2H3;;;;/q;;;;+1;. The van der Waals surface area contributed by atoms with Crippen molar-refractivity contribution in [1.29, 1.82) is 0 Å². The summed E-state index contributed by atoms with van der Waals surface area (Å²) >= 11 is -0.167. The fourth-order valence-electron chi connectivity index (χ4n) is 0.991. The van der Waals surface area contributed by atoms with Gasteiger partial charge in [0.15, 0.2) is 0 Å². The summed E-state index contributed by atoms with van der Waals surface area (Å²) in [5.74, 6) is 0. The Morgan fingerprint density at radius 2 is 1.55 bits per heavy atom. The van der Waals surface area contributed by atoms with E-state index in [1.807, 2.05) is 0 Å². The normalized spacial score (nSPS) is 10.1. The van der Waals surface area contributed by atoms with Crippen molar-refractivity contribution in [2.24, 2.45) is 0 Å². The fourth-order valence-corrected chi connectivity index (χ4v) is 11.2. The number of hydrogen-bond acceptors (Lipinski definition) is 1. The topological polar surface area (TPSA) is 9.23 Å². The summed E-state index contributed by atoms with van der Waals surface area (Å²) in [5.41, 5.74) is 0. The van der Waals surface area contributed by atoms with E-state index in [0.717, 1.165) is 22.9 Å². The third-order valence-corrected chi connectivity index (χ3v) is 14.3. The van der Waals surface area contributed by atoms with Gasteiger partial charge in [-0.3, -0.25) is 0 Å². The van der Waals surface area contributed by atoms with Gasteiger partial charge < -0.3 is 0 Å². The van der Waals surface area contributed by atoms with Gasteiger partial charge in [-0.25, -0.2) is 0 Å². The Kier molecular flexibility index (Phi) is 11.0. The Morgan fingerprint density at radius 1 is 1.09 bits per heavy atom. The summed E-state index contributed by atoms with van der Waals surface area (Å²) in [4.78, 5) is 0. The number of rotatable bonds is 7. The maximum absolute atomic E-state index is 5.68. The molecule has 11 heavy (non-hydrogen) atoms. The van der Waals surface area contributed by atoms with Crippen LogP contribution in [0.2, 0.25) is 8.87 Å². The van der Waals surface area contributed by atoms with Crippen molar-refractivity contribution in [2.45, 2.75) is 48.4 Å². The Morgan fingerprint density at radius 3 is 1.82 bits per heavy atom. The van der Waals surface area contributed by atoms with Crippen LogP contribution in [0, 0.1) is 0 Å². The van der Waals surface area contributed by atoms with E-state index in [9.17, 15) is 0 Å². The molecule has 0 saturated carbocycles. The average Bonchev–Trinajstić information content (AvgIpc) is 2.05. The van der Waals surface area contributed by atoms with Crippen LogP contribution < -0.4 is 0 Å². The molecule has 0 aromatic rings. The van der Waals surface area contributed by atoms with Crippen LogP contribution in [-0.2, 0) is 1.41 Å². The van der Waals surface area contributed by atoms with Crippen molar-refractivity contribution in [3.63, 3.8) is 0 Å². The van der Waals surface area contributed by atoms with Gasteiger partial charge in [0, 0.05) is 0 Å². The van der Waals surface area contributed by atoms with Gasteiger partial charge in [0.1, 0.15) is 0 Å². The minimum absolute atomic E-state index is 1.05. The Bertz CT molecular complexity index is 70.5. The first-order valence-corrected chi connectivity index (χ1v) is 11.1. The summed E-state index contributed by atoms with van der Waals surface area (Å²) in [6.45, 7) is 4.54. The zero-order valence-electron chi connectivity index (χ0n) is 7.73. The Balaban J connectivity index is 3.25. The van der Waals surface area contributed by atoms with Gasteiger partial charge in [-0.2, -0.15) is 0 Å². The van der Waals surface area contributed by atoms with Crippen LogP contribution in [0.25, 0.3) is 0 Å². The summed E-state index contributed by atoms with van der Waals surface area (Å²) in [5, 5.41) is 0. The van der Waals surface area contributed by atoms with Crippen LogP contribution in [-0.4, -0.2) is 43.1 Å². The van der Waals surface area contributed by atoms with E-state index in [0.29, 0.717) is 0 Å². The molecule has 0 aliphatic heterocycles. The van der Waals surface area contributed by atoms with E-state index in [4.69, 9.17) is 1.41 Å². The molecule has 0 aliphatic carbocycles. The molecule has 0 heterocycles. The molecule has 0 saturated heterocycles. The second-order valence-corrected chi connectivity index (χ2v) is 14.0. The molecule has 0 bridgehead atoms. The summed E-state index contributed by atoms with van der Waals surface area (Å²) in [6, 6.07) is 0. The van der Waals surface area contributed by atoms with E-state index >= 15 is 0 Å². The third-order valence-electron chi connectivity index (χ3n) is 1.79. The molecule has 0 aromatic carbocycles. The predicted octanol–water partition coefficient (Wildman–Crippen LogP) is 2.41. The molecule has 0 N–H and O–H groups in total. The van der Waals surface area contributed by atoms with Crippen molar-refractivity contribution < 1.29 is 1.41 Å². The van der Waals surface area contributed by atoms with E-state index in [1.54, 1.807) is 0 Å². The molecule has 0 fully saturated rings. The summed E-state index contributed by atoms with van der Waals surface area (Å²) < 4.78 is 8.63. The molecule has 64 valence electrons. The van der Waals surface area contributed by atoms with Crippen LogP contribution in [0.3, 0.4) is 0 Å². The number of hydrogen-bond donors (Lipinski definition) is 0. The van der Waals surface area contributed by atoms with Crippen LogP contribution in [0.1, 0.15) is 39.5 Å². The van der Waals surface area contributed by atoms with Gasteiger partial charge >= 0.3 is 92.9 Å². The third kappa shape index (κ3) is 7.90. The molecular formula is C8H19OSn2+. The second-order valence-electron chi connectivity index (χ2n) is 2.86. The molecule has 0 spiro atoms. The minimum atomic E-state index is -1.22. The predicted molar refractivity (Wildman–Crippen MR) is 53.4 cm³/mol. The molecule has 0 unspecified atom stereocenters. The van der Waals surface area contributed by atoms with Crippen LogP contribution >= 0.6 is 0 Å². The van der Waals surface area contributed by atoms with E-state index in [2.05, 4.69) is 13.8 Å². The molecule has 0 amide bonds. The van der Waals surface area contributed by atoms with Gasteiger partial charge in [0.05, 0.1) is 0 Å².